The molecule has 1 aromatic rings. The molecule has 0 spiro atoms. The van der Waals surface area contributed by atoms with Crippen LogP contribution in [0.3, 0.4) is 0 Å². The average Bonchev–Trinajstić information content (AvgIpc) is 2.94. The molecule has 1 fully saturated rings. The normalized spacial score (nSPS) is 24.1. The highest BCUT2D eigenvalue weighted by Crippen LogP contribution is 2.32. The second kappa shape index (κ2) is 6.74. The first kappa shape index (κ1) is 17.8. The molecule has 2 aliphatic rings. The van der Waals surface area contributed by atoms with Crippen LogP contribution in [0.15, 0.2) is 18.3 Å². The summed E-state index contributed by atoms with van der Waals surface area (Å²) in [4.78, 5) is 16.9. The molecule has 0 bridgehead atoms. The number of carboxylic acid groups (broad SMARTS) is 1. The smallest absolute Gasteiger partial charge is 0.407 e. The van der Waals surface area contributed by atoms with E-state index in [9.17, 15) is 9.90 Å². The first-order valence-electron chi connectivity index (χ1n) is 8.40. The summed E-state index contributed by atoms with van der Waals surface area (Å²) in [6.07, 6.45) is 2.08. The van der Waals surface area contributed by atoms with Crippen LogP contribution in [-0.2, 0) is 9.47 Å². The summed E-state index contributed by atoms with van der Waals surface area (Å²) in [6.45, 7) is 6.77. The summed E-state index contributed by atoms with van der Waals surface area (Å²) in [5.74, 6) is -0.684. The molecular formula is C18H24N2O5. The summed E-state index contributed by atoms with van der Waals surface area (Å²) in [5, 5.41) is 19.6. The molecule has 2 N–H and O–H groups in total. The van der Waals surface area contributed by atoms with Crippen LogP contribution in [0, 0.1) is 6.92 Å². The van der Waals surface area contributed by atoms with Gasteiger partial charge in [-0.3, -0.25) is 4.98 Å². The van der Waals surface area contributed by atoms with Crippen molar-refractivity contribution in [3.8, 4) is 0 Å². The minimum absolute atomic E-state index is 0.338. The number of ether oxygens (including phenoxy) is 2. The third-order valence-electron chi connectivity index (χ3n) is 4.61. The number of nitrogens with zero attached hydrogens (tertiary/aromatic N) is 2. The summed E-state index contributed by atoms with van der Waals surface area (Å²) in [5.41, 5.74) is 3.53. The van der Waals surface area contributed by atoms with Crippen molar-refractivity contribution in [1.29, 1.82) is 0 Å². The lowest BCUT2D eigenvalue weighted by atomic mass is 9.98. The molecule has 25 heavy (non-hydrogen) atoms. The van der Waals surface area contributed by atoms with Crippen LogP contribution in [0.5, 0.6) is 0 Å². The molecule has 1 aromatic heterocycles. The first-order valence-corrected chi connectivity index (χ1v) is 8.40. The molecule has 3 rings (SSSR count). The van der Waals surface area contributed by atoms with E-state index in [2.05, 4.69) is 4.98 Å². The van der Waals surface area contributed by atoms with Crippen molar-refractivity contribution in [2.24, 2.45) is 0 Å². The molecule has 3 heterocycles. The van der Waals surface area contributed by atoms with E-state index >= 15 is 0 Å². The van der Waals surface area contributed by atoms with Crippen LogP contribution in [0.4, 0.5) is 4.79 Å². The Morgan fingerprint density at radius 1 is 1.48 bits per heavy atom. The number of hydrogen-bond donors (Lipinski definition) is 2. The highest BCUT2D eigenvalue weighted by molar-refractivity contribution is 5.71. The van der Waals surface area contributed by atoms with E-state index in [4.69, 9.17) is 14.6 Å². The van der Waals surface area contributed by atoms with Crippen molar-refractivity contribution in [2.45, 2.75) is 45.2 Å². The molecule has 0 aliphatic carbocycles. The van der Waals surface area contributed by atoms with Crippen LogP contribution < -0.4 is 0 Å². The fourth-order valence-electron chi connectivity index (χ4n) is 3.24. The summed E-state index contributed by atoms with van der Waals surface area (Å²) in [6, 6.07) is 1.91. The predicted molar refractivity (Wildman–Crippen MR) is 91.0 cm³/mol. The highest BCUT2D eigenvalue weighted by Gasteiger charge is 2.37. The van der Waals surface area contributed by atoms with E-state index in [1.807, 2.05) is 32.9 Å². The second-order valence-corrected chi connectivity index (χ2v) is 6.95. The molecule has 1 amide bonds. The minimum atomic E-state index is -0.903. The SMILES string of the molecule is Cc1cc([C@H](O)C2COC(C)(C)O2)cnc1C1=CCN(C(=O)O)CC1. The van der Waals surface area contributed by atoms with Crippen LogP contribution in [0.25, 0.3) is 5.57 Å². The Hall–Kier alpha value is -1.96. The van der Waals surface area contributed by atoms with Gasteiger partial charge in [0.15, 0.2) is 5.79 Å². The van der Waals surface area contributed by atoms with Crippen molar-refractivity contribution >= 4 is 11.7 Å². The number of aryl methyl sites for hydroxylation is 1. The number of pyridine rings is 1. The molecule has 0 saturated carbocycles. The van der Waals surface area contributed by atoms with E-state index in [1.165, 1.54) is 4.90 Å². The third kappa shape index (κ3) is 3.84. The van der Waals surface area contributed by atoms with Gasteiger partial charge in [0.2, 0.25) is 0 Å². The Morgan fingerprint density at radius 2 is 2.24 bits per heavy atom. The molecule has 2 atom stereocenters. The fourth-order valence-corrected chi connectivity index (χ4v) is 3.24. The molecule has 1 unspecified atom stereocenters. The van der Waals surface area contributed by atoms with Crippen molar-refractivity contribution < 1.29 is 24.5 Å². The number of aliphatic hydroxyl groups is 1. The zero-order valence-corrected chi connectivity index (χ0v) is 14.7. The topological polar surface area (TPSA) is 92.1 Å². The molecule has 2 aliphatic heterocycles. The number of hydrogen-bond acceptors (Lipinski definition) is 5. The lowest BCUT2D eigenvalue weighted by Crippen LogP contribution is -2.33. The van der Waals surface area contributed by atoms with Gasteiger partial charge in [0.05, 0.1) is 12.3 Å². The molecular weight excluding hydrogens is 324 g/mol. The van der Waals surface area contributed by atoms with E-state index < -0.39 is 24.1 Å². The maximum Gasteiger partial charge on any atom is 0.407 e. The van der Waals surface area contributed by atoms with Gasteiger partial charge in [0, 0.05) is 24.8 Å². The standard InChI is InChI=1S/C18H24N2O5/c1-11-8-13(16(21)14-10-24-18(2,3)25-14)9-19-15(11)12-4-6-20(7-5-12)17(22)23/h4,8-9,14,16,21H,5-7,10H2,1-3H3,(H,22,23)/t14?,16-/m0/s1. The number of amides is 1. The maximum absolute atomic E-state index is 11.0. The third-order valence-corrected chi connectivity index (χ3v) is 4.61. The predicted octanol–water partition coefficient (Wildman–Crippen LogP) is 2.34. The summed E-state index contributed by atoms with van der Waals surface area (Å²) < 4.78 is 11.2. The van der Waals surface area contributed by atoms with E-state index in [0.29, 0.717) is 31.7 Å². The molecule has 7 nitrogen and oxygen atoms in total. The second-order valence-electron chi connectivity index (χ2n) is 6.95. The fraction of sp³-hybridized carbons (Fsp3) is 0.556. The van der Waals surface area contributed by atoms with Crippen LogP contribution >= 0.6 is 0 Å². The summed E-state index contributed by atoms with van der Waals surface area (Å²) >= 11 is 0. The van der Waals surface area contributed by atoms with Gasteiger partial charge in [-0.15, -0.1) is 0 Å². The van der Waals surface area contributed by atoms with Gasteiger partial charge in [0.1, 0.15) is 12.2 Å². The Balaban J connectivity index is 1.74. The van der Waals surface area contributed by atoms with E-state index in [0.717, 1.165) is 16.8 Å². The van der Waals surface area contributed by atoms with Crippen molar-refractivity contribution in [1.82, 2.24) is 9.88 Å². The minimum Gasteiger partial charge on any atom is -0.465 e. The van der Waals surface area contributed by atoms with Crippen molar-refractivity contribution in [3.05, 3.63) is 35.2 Å². The van der Waals surface area contributed by atoms with Gasteiger partial charge in [-0.2, -0.15) is 0 Å². The van der Waals surface area contributed by atoms with Crippen LogP contribution in [0.1, 0.15) is 43.2 Å². The Labute approximate surface area is 146 Å². The zero-order valence-electron chi connectivity index (χ0n) is 14.7. The van der Waals surface area contributed by atoms with Crippen LogP contribution in [-0.4, -0.2) is 57.8 Å². The molecule has 136 valence electrons. The monoisotopic (exact) mass is 348 g/mol. The quantitative estimate of drug-likeness (QED) is 0.871. The van der Waals surface area contributed by atoms with E-state index in [-0.39, 0.29) is 0 Å². The van der Waals surface area contributed by atoms with Crippen molar-refractivity contribution in [3.63, 3.8) is 0 Å². The van der Waals surface area contributed by atoms with Crippen molar-refractivity contribution in [2.75, 3.05) is 19.7 Å². The van der Waals surface area contributed by atoms with Gasteiger partial charge in [-0.05, 0) is 44.4 Å². The molecule has 7 heteroatoms. The Morgan fingerprint density at radius 3 is 2.76 bits per heavy atom. The van der Waals surface area contributed by atoms with Gasteiger partial charge < -0.3 is 24.6 Å². The largest absolute Gasteiger partial charge is 0.465 e. The number of aromatic nitrogens is 1. The molecule has 0 radical (unpaired) electrons. The number of carbonyl (C=O) groups is 1. The lowest BCUT2D eigenvalue weighted by Gasteiger charge is -2.24. The zero-order chi connectivity index (χ0) is 18.2. The highest BCUT2D eigenvalue weighted by atomic mass is 16.7. The summed E-state index contributed by atoms with van der Waals surface area (Å²) in [7, 11) is 0. The Kier molecular flexibility index (Phi) is 4.81. The lowest BCUT2D eigenvalue weighted by molar-refractivity contribution is -0.151. The average molecular weight is 348 g/mol. The number of rotatable bonds is 3. The van der Waals surface area contributed by atoms with Gasteiger partial charge in [-0.25, -0.2) is 4.79 Å². The Bertz CT molecular complexity index is 701. The molecule has 1 saturated heterocycles. The molecule has 0 aromatic carbocycles. The number of aliphatic hydroxyl groups excluding tert-OH is 1. The maximum atomic E-state index is 11.0. The first-order chi connectivity index (χ1) is 11.8. The van der Waals surface area contributed by atoms with Crippen LogP contribution in [0.2, 0.25) is 0 Å². The van der Waals surface area contributed by atoms with Gasteiger partial charge in [0.25, 0.3) is 0 Å². The van der Waals surface area contributed by atoms with Gasteiger partial charge in [-0.1, -0.05) is 6.08 Å². The van der Waals surface area contributed by atoms with Gasteiger partial charge >= 0.3 is 6.09 Å². The van der Waals surface area contributed by atoms with E-state index in [1.54, 1.807) is 6.20 Å².